The minimum Gasteiger partial charge on any atom is -0.491 e. The second-order valence-electron chi connectivity index (χ2n) is 4.43. The van der Waals surface area contributed by atoms with Crippen LogP contribution in [0.3, 0.4) is 0 Å². The number of pyridine rings is 1. The molecular weight excluding hydrogens is 254 g/mol. The van der Waals surface area contributed by atoms with E-state index >= 15 is 0 Å². The summed E-state index contributed by atoms with van der Waals surface area (Å²) in [7, 11) is 0. The predicted molar refractivity (Wildman–Crippen MR) is 76.5 cm³/mol. The van der Waals surface area contributed by atoms with E-state index in [4.69, 9.17) is 14.6 Å². The van der Waals surface area contributed by atoms with Gasteiger partial charge in [-0.15, -0.1) is 0 Å². The molecule has 0 radical (unpaired) electrons. The average molecular weight is 273 g/mol. The van der Waals surface area contributed by atoms with Crippen LogP contribution in [0.1, 0.15) is 16.8 Å². The summed E-state index contributed by atoms with van der Waals surface area (Å²) in [6.07, 6.45) is 1.64. The number of aliphatic hydroxyl groups excluding tert-OH is 1. The highest BCUT2D eigenvalue weighted by Gasteiger charge is 2.05. The fourth-order valence-electron chi connectivity index (χ4n) is 1.85. The standard InChI is InChI=1S/C16H19NO3/c1-13-15(11-18)17-8-7-16(13)20-10-9-19-12-14-5-3-2-4-6-14/h2-8,18H,9-12H2,1H3. The summed E-state index contributed by atoms with van der Waals surface area (Å²) in [5, 5.41) is 9.14. The topological polar surface area (TPSA) is 51.6 Å². The van der Waals surface area contributed by atoms with Crippen molar-refractivity contribution in [3.05, 3.63) is 59.4 Å². The lowest BCUT2D eigenvalue weighted by atomic mass is 10.2. The van der Waals surface area contributed by atoms with Crippen molar-refractivity contribution in [2.75, 3.05) is 13.2 Å². The smallest absolute Gasteiger partial charge is 0.125 e. The van der Waals surface area contributed by atoms with Crippen LogP contribution < -0.4 is 4.74 Å². The maximum atomic E-state index is 9.14. The van der Waals surface area contributed by atoms with Gasteiger partial charge in [-0.25, -0.2) is 0 Å². The van der Waals surface area contributed by atoms with Gasteiger partial charge in [0.1, 0.15) is 12.4 Å². The van der Waals surface area contributed by atoms with Crippen molar-refractivity contribution in [3.63, 3.8) is 0 Å². The van der Waals surface area contributed by atoms with Gasteiger partial charge in [0.05, 0.1) is 25.5 Å². The molecule has 20 heavy (non-hydrogen) atoms. The SMILES string of the molecule is Cc1c(OCCOCc2ccccc2)ccnc1CO. The van der Waals surface area contributed by atoms with Crippen LogP contribution in [-0.2, 0) is 18.0 Å². The zero-order valence-electron chi connectivity index (χ0n) is 11.6. The normalized spacial score (nSPS) is 10.5. The molecule has 0 saturated carbocycles. The van der Waals surface area contributed by atoms with Crippen molar-refractivity contribution in [3.8, 4) is 5.75 Å². The van der Waals surface area contributed by atoms with E-state index < -0.39 is 0 Å². The lowest BCUT2D eigenvalue weighted by Crippen LogP contribution is -2.08. The van der Waals surface area contributed by atoms with Crippen LogP contribution in [0.4, 0.5) is 0 Å². The van der Waals surface area contributed by atoms with Crippen LogP contribution in [-0.4, -0.2) is 23.3 Å². The van der Waals surface area contributed by atoms with Gasteiger partial charge in [0.25, 0.3) is 0 Å². The number of hydrogen-bond acceptors (Lipinski definition) is 4. The minimum absolute atomic E-state index is 0.0759. The summed E-state index contributed by atoms with van der Waals surface area (Å²) in [4.78, 5) is 4.08. The highest BCUT2D eigenvalue weighted by molar-refractivity contribution is 5.34. The van der Waals surface area contributed by atoms with Crippen LogP contribution in [0.25, 0.3) is 0 Å². The molecule has 2 aromatic rings. The number of rotatable bonds is 7. The molecule has 1 aromatic heterocycles. The highest BCUT2D eigenvalue weighted by Crippen LogP contribution is 2.19. The Morgan fingerprint density at radius 1 is 1.10 bits per heavy atom. The Morgan fingerprint density at radius 2 is 1.90 bits per heavy atom. The molecule has 1 N–H and O–H groups in total. The zero-order valence-corrected chi connectivity index (χ0v) is 11.6. The van der Waals surface area contributed by atoms with Crippen molar-refractivity contribution in [1.82, 2.24) is 4.98 Å². The molecule has 1 heterocycles. The number of nitrogens with zero attached hydrogens (tertiary/aromatic N) is 1. The Labute approximate surface area is 119 Å². The Kier molecular flexibility index (Phi) is 5.53. The minimum atomic E-state index is -0.0759. The Morgan fingerprint density at radius 3 is 2.65 bits per heavy atom. The zero-order chi connectivity index (χ0) is 14.2. The molecule has 0 atom stereocenters. The maximum absolute atomic E-state index is 9.14. The molecule has 0 aliphatic rings. The molecule has 0 spiro atoms. The molecule has 106 valence electrons. The molecule has 0 fully saturated rings. The third-order valence-corrected chi connectivity index (χ3v) is 3.01. The van der Waals surface area contributed by atoms with Crippen LogP contribution in [0, 0.1) is 6.92 Å². The first-order valence-electron chi connectivity index (χ1n) is 6.61. The quantitative estimate of drug-likeness (QED) is 0.787. The summed E-state index contributed by atoms with van der Waals surface area (Å²) in [5.41, 5.74) is 2.67. The van der Waals surface area contributed by atoms with E-state index in [1.807, 2.05) is 37.3 Å². The van der Waals surface area contributed by atoms with Crippen LogP contribution >= 0.6 is 0 Å². The van der Waals surface area contributed by atoms with E-state index in [-0.39, 0.29) is 6.61 Å². The van der Waals surface area contributed by atoms with E-state index in [0.29, 0.717) is 25.5 Å². The molecule has 4 nitrogen and oxygen atoms in total. The van der Waals surface area contributed by atoms with Crippen LogP contribution in [0.2, 0.25) is 0 Å². The number of aliphatic hydroxyl groups is 1. The summed E-state index contributed by atoms with van der Waals surface area (Å²) in [5.74, 6) is 0.743. The van der Waals surface area contributed by atoms with E-state index in [0.717, 1.165) is 16.9 Å². The molecule has 0 bridgehead atoms. The summed E-state index contributed by atoms with van der Waals surface area (Å²) in [6, 6.07) is 11.8. The first-order valence-corrected chi connectivity index (χ1v) is 6.61. The average Bonchev–Trinajstić information content (AvgIpc) is 2.49. The number of ether oxygens (including phenoxy) is 2. The maximum Gasteiger partial charge on any atom is 0.125 e. The van der Waals surface area contributed by atoms with Gasteiger partial charge in [0.2, 0.25) is 0 Å². The molecule has 0 aliphatic carbocycles. The van der Waals surface area contributed by atoms with Crippen molar-refractivity contribution in [1.29, 1.82) is 0 Å². The molecule has 2 rings (SSSR count). The Balaban J connectivity index is 1.74. The third kappa shape index (κ3) is 4.05. The second kappa shape index (κ2) is 7.62. The summed E-state index contributed by atoms with van der Waals surface area (Å²) < 4.78 is 11.2. The first-order chi connectivity index (χ1) is 9.81. The molecule has 0 amide bonds. The van der Waals surface area contributed by atoms with Crippen molar-refractivity contribution < 1.29 is 14.6 Å². The van der Waals surface area contributed by atoms with E-state index in [9.17, 15) is 0 Å². The van der Waals surface area contributed by atoms with Crippen LogP contribution in [0.5, 0.6) is 5.75 Å². The van der Waals surface area contributed by atoms with Crippen molar-refractivity contribution in [2.24, 2.45) is 0 Å². The van der Waals surface area contributed by atoms with Crippen molar-refractivity contribution >= 4 is 0 Å². The van der Waals surface area contributed by atoms with Crippen LogP contribution in [0.15, 0.2) is 42.6 Å². The van der Waals surface area contributed by atoms with Gasteiger partial charge < -0.3 is 14.6 Å². The fraction of sp³-hybridized carbons (Fsp3) is 0.312. The number of aromatic nitrogens is 1. The predicted octanol–water partition coefficient (Wildman–Crippen LogP) is 2.48. The Bertz CT molecular complexity index is 529. The molecule has 0 saturated heterocycles. The number of benzene rings is 1. The Hall–Kier alpha value is -1.91. The molecular formula is C16H19NO3. The fourth-order valence-corrected chi connectivity index (χ4v) is 1.85. The largest absolute Gasteiger partial charge is 0.491 e. The first kappa shape index (κ1) is 14.5. The molecule has 4 heteroatoms. The highest BCUT2D eigenvalue weighted by atomic mass is 16.5. The monoisotopic (exact) mass is 273 g/mol. The van der Waals surface area contributed by atoms with E-state index in [1.165, 1.54) is 0 Å². The van der Waals surface area contributed by atoms with E-state index in [1.54, 1.807) is 12.3 Å². The summed E-state index contributed by atoms with van der Waals surface area (Å²) in [6.45, 7) is 3.39. The van der Waals surface area contributed by atoms with Gasteiger partial charge in [-0.2, -0.15) is 0 Å². The van der Waals surface area contributed by atoms with E-state index in [2.05, 4.69) is 4.98 Å². The molecule has 1 aromatic carbocycles. The molecule has 0 unspecified atom stereocenters. The second-order valence-corrected chi connectivity index (χ2v) is 4.43. The molecule has 0 aliphatic heterocycles. The van der Waals surface area contributed by atoms with Gasteiger partial charge >= 0.3 is 0 Å². The van der Waals surface area contributed by atoms with Gasteiger partial charge in [-0.1, -0.05) is 30.3 Å². The lowest BCUT2D eigenvalue weighted by Gasteiger charge is -2.11. The summed E-state index contributed by atoms with van der Waals surface area (Å²) >= 11 is 0. The lowest BCUT2D eigenvalue weighted by molar-refractivity contribution is 0.0886. The van der Waals surface area contributed by atoms with Gasteiger partial charge in [-0.3, -0.25) is 4.98 Å². The number of hydrogen-bond donors (Lipinski definition) is 1. The van der Waals surface area contributed by atoms with Gasteiger partial charge in [-0.05, 0) is 18.6 Å². The van der Waals surface area contributed by atoms with Gasteiger partial charge in [0, 0.05) is 11.8 Å². The van der Waals surface area contributed by atoms with Gasteiger partial charge in [0.15, 0.2) is 0 Å². The third-order valence-electron chi connectivity index (χ3n) is 3.01. The van der Waals surface area contributed by atoms with Crippen molar-refractivity contribution in [2.45, 2.75) is 20.1 Å².